The van der Waals surface area contributed by atoms with Crippen LogP contribution in [0.1, 0.15) is 64.6 Å². The minimum absolute atomic E-state index is 0.0164. The second-order valence-corrected chi connectivity index (χ2v) is 9.57. The van der Waals surface area contributed by atoms with E-state index in [2.05, 4.69) is 10.6 Å². The number of aryl methyl sites for hydroxylation is 1. The molecule has 0 fully saturated rings. The van der Waals surface area contributed by atoms with E-state index in [1.165, 1.54) is 12.1 Å². The Kier molecular flexibility index (Phi) is 11.0. The van der Waals surface area contributed by atoms with Gasteiger partial charge in [-0.2, -0.15) is 0 Å². The number of phenolic OH excluding ortho intramolecular Hbond substituents is 1. The Morgan fingerprint density at radius 3 is 2.26 bits per heavy atom. The van der Waals surface area contributed by atoms with Gasteiger partial charge in [-0.1, -0.05) is 6.07 Å². The summed E-state index contributed by atoms with van der Waals surface area (Å²) in [5.74, 6) is -1.88. The van der Waals surface area contributed by atoms with Gasteiger partial charge in [0.1, 0.15) is 23.4 Å². The number of hydrogen-bond acceptors (Lipinski definition) is 7. The molecule has 0 aromatic heterocycles. The van der Waals surface area contributed by atoms with Crippen molar-refractivity contribution in [3.05, 3.63) is 29.3 Å². The molecule has 0 spiro atoms. The van der Waals surface area contributed by atoms with Crippen molar-refractivity contribution in [3.63, 3.8) is 0 Å². The summed E-state index contributed by atoms with van der Waals surface area (Å²) in [6.07, 6.45) is -1.23. The zero-order valence-electron chi connectivity index (χ0n) is 21.3. The van der Waals surface area contributed by atoms with Gasteiger partial charge in [0.15, 0.2) is 0 Å². The summed E-state index contributed by atoms with van der Waals surface area (Å²) in [6.45, 7) is 9.43. The molecule has 6 N–H and O–H groups in total. The summed E-state index contributed by atoms with van der Waals surface area (Å²) in [4.78, 5) is 51.9. The van der Waals surface area contributed by atoms with Crippen LogP contribution in [-0.4, -0.2) is 69.8 Å². The molecule has 0 aliphatic rings. The van der Waals surface area contributed by atoms with Crippen molar-refractivity contribution in [2.75, 3.05) is 13.2 Å². The monoisotopic (exact) mass is 494 g/mol. The van der Waals surface area contributed by atoms with E-state index < -0.39 is 48.1 Å². The van der Waals surface area contributed by atoms with Crippen molar-refractivity contribution in [1.82, 2.24) is 15.5 Å². The summed E-state index contributed by atoms with van der Waals surface area (Å²) >= 11 is 0. The van der Waals surface area contributed by atoms with Crippen molar-refractivity contribution < 1.29 is 34.1 Å². The van der Waals surface area contributed by atoms with Crippen molar-refractivity contribution in [2.45, 2.75) is 78.1 Å². The number of aromatic hydroxyl groups is 1. The third kappa shape index (κ3) is 9.81. The Balaban J connectivity index is 3.47. The number of nitrogens with two attached hydrogens (primary N) is 1. The lowest BCUT2D eigenvalue weighted by Gasteiger charge is -2.34. The maximum atomic E-state index is 13.7. The number of carbonyl (C=O) groups is 4. The number of hydrogen-bond donors (Lipinski definition) is 5. The maximum Gasteiger partial charge on any atom is 0.408 e. The summed E-state index contributed by atoms with van der Waals surface area (Å²) in [5, 5.41) is 24.9. The Morgan fingerprint density at radius 2 is 1.77 bits per heavy atom. The molecule has 1 rings (SSSR count). The van der Waals surface area contributed by atoms with Gasteiger partial charge < -0.3 is 36.2 Å². The van der Waals surface area contributed by atoms with Gasteiger partial charge in [0, 0.05) is 19.0 Å². The molecule has 0 heterocycles. The molecule has 0 bridgehead atoms. The van der Waals surface area contributed by atoms with Crippen LogP contribution in [0.4, 0.5) is 4.79 Å². The molecule has 0 saturated heterocycles. The van der Waals surface area contributed by atoms with Gasteiger partial charge in [-0.3, -0.25) is 14.4 Å². The van der Waals surface area contributed by atoms with Crippen LogP contribution in [-0.2, 0) is 19.1 Å². The first-order chi connectivity index (χ1) is 16.2. The predicted molar refractivity (Wildman–Crippen MR) is 129 cm³/mol. The average Bonchev–Trinajstić information content (AvgIpc) is 2.70. The highest BCUT2D eigenvalue weighted by molar-refractivity contribution is 5.92. The molecule has 0 saturated carbocycles. The van der Waals surface area contributed by atoms with Crippen molar-refractivity contribution >= 4 is 23.8 Å². The molecule has 2 unspecified atom stereocenters. The number of alkyl carbamates (subject to hydrolysis) is 1. The van der Waals surface area contributed by atoms with Crippen LogP contribution >= 0.6 is 0 Å². The minimum Gasteiger partial charge on any atom is -0.508 e. The molecule has 0 aliphatic carbocycles. The van der Waals surface area contributed by atoms with Gasteiger partial charge >= 0.3 is 6.09 Å². The van der Waals surface area contributed by atoms with Crippen LogP contribution in [0, 0.1) is 6.92 Å². The van der Waals surface area contributed by atoms with Gasteiger partial charge in [-0.25, -0.2) is 4.79 Å². The standard InChI is InChI=1S/C24H38N4O7/c1-14(2)26-21(32)20(16-7-9-18(30)15(3)13-16)28(11-12-29)22(33)17(8-10-19(25)31)27-23(34)35-24(4,5)6/h7,9,13-14,17,20,29-30H,8,10-12H2,1-6H3,(H2,25,31)(H,26,32)(H,27,34). The van der Waals surface area contributed by atoms with Gasteiger partial charge in [-0.05, 0) is 71.2 Å². The Morgan fingerprint density at radius 1 is 1.14 bits per heavy atom. The van der Waals surface area contributed by atoms with Crippen molar-refractivity contribution in [3.8, 4) is 5.75 Å². The largest absolute Gasteiger partial charge is 0.508 e. The van der Waals surface area contributed by atoms with E-state index in [1.54, 1.807) is 47.6 Å². The molecule has 0 radical (unpaired) electrons. The van der Waals surface area contributed by atoms with E-state index in [0.29, 0.717) is 11.1 Å². The van der Waals surface area contributed by atoms with Gasteiger partial charge in [-0.15, -0.1) is 0 Å². The Labute approximate surface area is 206 Å². The zero-order chi connectivity index (χ0) is 26.9. The van der Waals surface area contributed by atoms with Crippen LogP contribution in [0.15, 0.2) is 18.2 Å². The summed E-state index contributed by atoms with van der Waals surface area (Å²) in [6, 6.07) is 1.79. The molecule has 0 aliphatic heterocycles. The first-order valence-corrected chi connectivity index (χ1v) is 11.4. The van der Waals surface area contributed by atoms with E-state index >= 15 is 0 Å². The van der Waals surface area contributed by atoms with Crippen LogP contribution in [0.2, 0.25) is 0 Å². The number of rotatable bonds is 11. The highest BCUT2D eigenvalue weighted by Crippen LogP contribution is 2.27. The van der Waals surface area contributed by atoms with Crippen molar-refractivity contribution in [2.24, 2.45) is 5.73 Å². The number of benzene rings is 1. The third-order valence-electron chi connectivity index (χ3n) is 4.82. The number of amides is 4. The van der Waals surface area contributed by atoms with Gasteiger partial charge in [0.25, 0.3) is 0 Å². The quantitative estimate of drug-likeness (QED) is 0.308. The molecule has 4 amide bonds. The van der Waals surface area contributed by atoms with E-state index in [0.717, 1.165) is 4.90 Å². The zero-order valence-corrected chi connectivity index (χ0v) is 21.3. The number of primary amides is 1. The fraction of sp³-hybridized carbons (Fsp3) is 0.583. The fourth-order valence-corrected chi connectivity index (χ4v) is 3.35. The van der Waals surface area contributed by atoms with Crippen LogP contribution in [0.5, 0.6) is 5.75 Å². The molecular formula is C24H38N4O7. The molecular weight excluding hydrogens is 456 g/mol. The molecule has 11 heteroatoms. The first kappa shape index (κ1) is 29.7. The van der Waals surface area contributed by atoms with Gasteiger partial charge in [0.2, 0.25) is 17.7 Å². The smallest absolute Gasteiger partial charge is 0.408 e. The van der Waals surface area contributed by atoms with E-state index in [1.807, 2.05) is 0 Å². The molecule has 11 nitrogen and oxygen atoms in total. The second-order valence-electron chi connectivity index (χ2n) is 9.57. The number of ether oxygens (including phenoxy) is 1. The van der Waals surface area contributed by atoms with Crippen LogP contribution in [0.3, 0.4) is 0 Å². The summed E-state index contributed by atoms with van der Waals surface area (Å²) in [5.41, 5.74) is 5.30. The SMILES string of the molecule is Cc1cc(C(C(=O)NC(C)C)N(CCO)C(=O)C(CCC(N)=O)NC(=O)OC(C)(C)C)ccc1O. The highest BCUT2D eigenvalue weighted by atomic mass is 16.6. The molecule has 35 heavy (non-hydrogen) atoms. The lowest BCUT2D eigenvalue weighted by molar-refractivity contribution is -0.143. The van der Waals surface area contributed by atoms with Gasteiger partial charge in [0.05, 0.1) is 6.61 Å². The molecule has 1 aromatic carbocycles. The highest BCUT2D eigenvalue weighted by Gasteiger charge is 2.36. The molecule has 1 aromatic rings. The topological polar surface area (TPSA) is 171 Å². The normalized spacial score (nSPS) is 13.0. The number of nitrogens with zero attached hydrogens (tertiary/aromatic N) is 1. The maximum absolute atomic E-state index is 13.7. The minimum atomic E-state index is -1.25. The average molecular weight is 495 g/mol. The van der Waals surface area contributed by atoms with Crippen LogP contribution < -0.4 is 16.4 Å². The molecule has 2 atom stereocenters. The number of phenols is 1. The lowest BCUT2D eigenvalue weighted by atomic mass is 9.99. The number of aliphatic hydroxyl groups excluding tert-OH is 1. The fourth-order valence-electron chi connectivity index (χ4n) is 3.35. The second kappa shape index (κ2) is 12.9. The van der Waals surface area contributed by atoms with E-state index in [4.69, 9.17) is 10.5 Å². The Hall–Kier alpha value is -3.34. The van der Waals surface area contributed by atoms with E-state index in [9.17, 15) is 29.4 Å². The first-order valence-electron chi connectivity index (χ1n) is 11.4. The van der Waals surface area contributed by atoms with E-state index in [-0.39, 0.29) is 31.2 Å². The van der Waals surface area contributed by atoms with Crippen LogP contribution in [0.25, 0.3) is 0 Å². The summed E-state index contributed by atoms with van der Waals surface area (Å²) < 4.78 is 5.25. The lowest BCUT2D eigenvalue weighted by Crippen LogP contribution is -2.54. The summed E-state index contributed by atoms with van der Waals surface area (Å²) in [7, 11) is 0. The molecule has 196 valence electrons. The third-order valence-corrected chi connectivity index (χ3v) is 4.82. The predicted octanol–water partition coefficient (Wildman–Crippen LogP) is 1.25. The number of carbonyl (C=O) groups excluding carboxylic acids is 4. The Bertz CT molecular complexity index is 912. The number of aliphatic hydroxyl groups is 1. The number of nitrogens with one attached hydrogen (secondary N) is 2. The van der Waals surface area contributed by atoms with Crippen molar-refractivity contribution in [1.29, 1.82) is 0 Å².